The Balaban J connectivity index is 2.44. The van der Waals surface area contributed by atoms with Crippen molar-refractivity contribution in [3.8, 4) is 11.3 Å². The lowest BCUT2D eigenvalue weighted by molar-refractivity contribution is 0.0690. The van der Waals surface area contributed by atoms with Gasteiger partial charge in [-0.1, -0.05) is 28.1 Å². The van der Waals surface area contributed by atoms with Crippen LogP contribution in [0.5, 0.6) is 0 Å². The first kappa shape index (κ1) is 10.8. The van der Waals surface area contributed by atoms with Gasteiger partial charge in [-0.05, 0) is 12.1 Å². The molecule has 16 heavy (non-hydrogen) atoms. The minimum atomic E-state index is -1.08. The van der Waals surface area contributed by atoms with E-state index in [1.54, 1.807) is 0 Å². The summed E-state index contributed by atoms with van der Waals surface area (Å²) in [7, 11) is 0. The van der Waals surface area contributed by atoms with E-state index in [1.165, 1.54) is 12.4 Å². The van der Waals surface area contributed by atoms with Gasteiger partial charge in [0.15, 0.2) is 5.69 Å². The van der Waals surface area contributed by atoms with Gasteiger partial charge in [0.05, 0.1) is 18.1 Å². The van der Waals surface area contributed by atoms with Crippen LogP contribution in [0.1, 0.15) is 10.5 Å². The number of aromatic carboxylic acids is 1. The molecule has 0 aliphatic rings. The maximum absolute atomic E-state index is 10.7. The summed E-state index contributed by atoms with van der Waals surface area (Å²) in [5.41, 5.74) is 1.33. The van der Waals surface area contributed by atoms with Crippen molar-refractivity contribution in [3.05, 3.63) is 46.8 Å². The molecule has 4 nitrogen and oxygen atoms in total. The van der Waals surface area contributed by atoms with Gasteiger partial charge in [-0.25, -0.2) is 9.78 Å². The summed E-state index contributed by atoms with van der Waals surface area (Å²) in [5.74, 6) is -1.08. The number of hydrogen-bond acceptors (Lipinski definition) is 3. The second-order valence-electron chi connectivity index (χ2n) is 3.10. The van der Waals surface area contributed by atoms with Gasteiger partial charge in [0.1, 0.15) is 0 Å². The van der Waals surface area contributed by atoms with E-state index >= 15 is 0 Å². The lowest BCUT2D eigenvalue weighted by Gasteiger charge is -2.01. The van der Waals surface area contributed by atoms with Crippen LogP contribution in [0, 0.1) is 0 Å². The number of hydrogen-bond donors (Lipinski definition) is 1. The van der Waals surface area contributed by atoms with Gasteiger partial charge < -0.3 is 5.11 Å². The molecule has 1 aromatic carbocycles. The van der Waals surface area contributed by atoms with Gasteiger partial charge in [-0.2, -0.15) is 0 Å². The Labute approximate surface area is 100 Å². The number of halogens is 1. The first-order chi connectivity index (χ1) is 7.66. The molecule has 0 radical (unpaired) electrons. The highest BCUT2D eigenvalue weighted by molar-refractivity contribution is 9.10. The van der Waals surface area contributed by atoms with Crippen LogP contribution in [0.2, 0.25) is 0 Å². The van der Waals surface area contributed by atoms with Crippen molar-refractivity contribution in [2.75, 3.05) is 0 Å². The zero-order valence-electron chi connectivity index (χ0n) is 8.09. The maximum Gasteiger partial charge on any atom is 0.356 e. The second kappa shape index (κ2) is 4.40. The normalized spacial score (nSPS) is 10.1. The Morgan fingerprint density at radius 1 is 1.19 bits per heavy atom. The summed E-state index contributed by atoms with van der Waals surface area (Å²) in [4.78, 5) is 18.6. The third-order valence-corrected chi connectivity index (χ3v) is 2.52. The molecule has 1 aromatic heterocycles. The van der Waals surface area contributed by atoms with Crippen molar-refractivity contribution in [1.82, 2.24) is 9.97 Å². The molecule has 0 aliphatic carbocycles. The Hall–Kier alpha value is -1.75. The summed E-state index contributed by atoms with van der Waals surface area (Å²) in [6.45, 7) is 0. The zero-order valence-corrected chi connectivity index (χ0v) is 9.68. The van der Waals surface area contributed by atoms with E-state index in [2.05, 4.69) is 25.9 Å². The summed E-state index contributed by atoms with van der Waals surface area (Å²) < 4.78 is 0.957. The molecule has 0 saturated heterocycles. The quantitative estimate of drug-likeness (QED) is 0.917. The standard InChI is InChI=1S/C11H7BrN2O2/c12-8-3-1-7(2-4-8)9-5-13-6-10(14-9)11(15)16/h1-6H,(H,15,16). The average molecular weight is 279 g/mol. The number of carboxylic acid groups (broad SMARTS) is 1. The number of nitrogens with zero attached hydrogens (tertiary/aromatic N) is 2. The molecule has 2 rings (SSSR count). The molecular weight excluding hydrogens is 272 g/mol. The van der Waals surface area contributed by atoms with Crippen LogP contribution in [0.15, 0.2) is 41.1 Å². The van der Waals surface area contributed by atoms with Gasteiger partial charge in [0, 0.05) is 10.0 Å². The molecule has 1 N–H and O–H groups in total. The summed E-state index contributed by atoms with van der Waals surface area (Å²) >= 11 is 3.33. The minimum absolute atomic E-state index is 0.0552. The van der Waals surface area contributed by atoms with Crippen LogP contribution in [-0.4, -0.2) is 21.0 Å². The largest absolute Gasteiger partial charge is 0.476 e. The fraction of sp³-hybridized carbons (Fsp3) is 0. The van der Waals surface area contributed by atoms with Crippen molar-refractivity contribution < 1.29 is 9.90 Å². The van der Waals surface area contributed by atoms with E-state index in [0.29, 0.717) is 5.69 Å². The van der Waals surface area contributed by atoms with Crippen molar-refractivity contribution in [2.24, 2.45) is 0 Å². The Bertz CT molecular complexity index is 526. The van der Waals surface area contributed by atoms with E-state index in [0.717, 1.165) is 10.0 Å². The summed E-state index contributed by atoms with van der Waals surface area (Å²) in [6.07, 6.45) is 2.76. The Morgan fingerprint density at radius 2 is 1.88 bits per heavy atom. The molecule has 5 heteroatoms. The minimum Gasteiger partial charge on any atom is -0.476 e. The predicted molar refractivity (Wildman–Crippen MR) is 62.1 cm³/mol. The lowest BCUT2D eigenvalue weighted by atomic mass is 10.2. The second-order valence-corrected chi connectivity index (χ2v) is 4.02. The smallest absolute Gasteiger partial charge is 0.356 e. The fourth-order valence-corrected chi connectivity index (χ4v) is 1.49. The van der Waals surface area contributed by atoms with Crippen LogP contribution in [0.25, 0.3) is 11.3 Å². The van der Waals surface area contributed by atoms with Gasteiger partial charge in [0.25, 0.3) is 0 Å². The number of rotatable bonds is 2. The highest BCUT2D eigenvalue weighted by Crippen LogP contribution is 2.19. The monoisotopic (exact) mass is 278 g/mol. The van der Waals surface area contributed by atoms with E-state index in [-0.39, 0.29) is 5.69 Å². The van der Waals surface area contributed by atoms with Gasteiger partial charge in [-0.15, -0.1) is 0 Å². The van der Waals surface area contributed by atoms with Crippen molar-refractivity contribution in [2.45, 2.75) is 0 Å². The van der Waals surface area contributed by atoms with Crippen LogP contribution in [-0.2, 0) is 0 Å². The molecule has 0 unspecified atom stereocenters. The van der Waals surface area contributed by atoms with Crippen molar-refractivity contribution >= 4 is 21.9 Å². The first-order valence-electron chi connectivity index (χ1n) is 4.48. The van der Waals surface area contributed by atoms with Crippen LogP contribution in [0.4, 0.5) is 0 Å². The molecule has 0 fully saturated rings. The molecular formula is C11H7BrN2O2. The topological polar surface area (TPSA) is 63.1 Å². The van der Waals surface area contributed by atoms with Gasteiger partial charge in [0.2, 0.25) is 0 Å². The van der Waals surface area contributed by atoms with E-state index in [9.17, 15) is 4.79 Å². The molecule has 0 saturated carbocycles. The summed E-state index contributed by atoms with van der Waals surface area (Å²) in [6, 6.07) is 7.42. The molecule has 1 heterocycles. The van der Waals surface area contributed by atoms with Crippen LogP contribution < -0.4 is 0 Å². The Morgan fingerprint density at radius 3 is 2.50 bits per heavy atom. The van der Waals surface area contributed by atoms with E-state index in [1.807, 2.05) is 24.3 Å². The average Bonchev–Trinajstić information content (AvgIpc) is 2.30. The van der Waals surface area contributed by atoms with Crippen LogP contribution >= 0.6 is 15.9 Å². The first-order valence-corrected chi connectivity index (χ1v) is 5.27. The number of carboxylic acids is 1. The van der Waals surface area contributed by atoms with Crippen molar-refractivity contribution in [3.63, 3.8) is 0 Å². The van der Waals surface area contributed by atoms with Crippen LogP contribution in [0.3, 0.4) is 0 Å². The molecule has 0 atom stereocenters. The highest BCUT2D eigenvalue weighted by Gasteiger charge is 2.07. The fourth-order valence-electron chi connectivity index (χ4n) is 1.23. The third-order valence-electron chi connectivity index (χ3n) is 1.99. The summed E-state index contributed by atoms with van der Waals surface area (Å²) in [5, 5.41) is 8.79. The molecule has 80 valence electrons. The number of benzene rings is 1. The van der Waals surface area contributed by atoms with E-state index < -0.39 is 5.97 Å². The van der Waals surface area contributed by atoms with E-state index in [4.69, 9.17) is 5.11 Å². The third kappa shape index (κ3) is 2.25. The highest BCUT2D eigenvalue weighted by atomic mass is 79.9. The zero-order chi connectivity index (χ0) is 11.5. The lowest BCUT2D eigenvalue weighted by Crippen LogP contribution is -2.01. The molecule has 0 aliphatic heterocycles. The van der Waals surface area contributed by atoms with Gasteiger partial charge in [-0.3, -0.25) is 4.98 Å². The molecule has 0 bridgehead atoms. The van der Waals surface area contributed by atoms with Crippen molar-refractivity contribution in [1.29, 1.82) is 0 Å². The molecule has 2 aromatic rings. The number of carbonyl (C=O) groups is 1. The number of aromatic nitrogens is 2. The van der Waals surface area contributed by atoms with Gasteiger partial charge >= 0.3 is 5.97 Å². The SMILES string of the molecule is O=C(O)c1cncc(-c2ccc(Br)cc2)n1. The maximum atomic E-state index is 10.7. The predicted octanol–water partition coefficient (Wildman–Crippen LogP) is 2.60. The Kier molecular flexibility index (Phi) is 2.96. The molecule has 0 spiro atoms. The molecule has 0 amide bonds.